The second-order valence-electron chi connectivity index (χ2n) is 5.44. The normalized spacial score (nSPS) is 10.4. The van der Waals surface area contributed by atoms with Crippen molar-refractivity contribution in [3.05, 3.63) is 82.4 Å². The van der Waals surface area contributed by atoms with Gasteiger partial charge in [-0.1, -0.05) is 60.2 Å². The van der Waals surface area contributed by atoms with Crippen molar-refractivity contribution in [2.75, 3.05) is 5.32 Å². The Morgan fingerprint density at radius 2 is 1.92 bits per heavy atom. The van der Waals surface area contributed by atoms with Gasteiger partial charge in [-0.3, -0.25) is 0 Å². The van der Waals surface area contributed by atoms with Crippen LogP contribution in [-0.4, -0.2) is 11.0 Å². The van der Waals surface area contributed by atoms with Gasteiger partial charge >= 0.3 is 5.97 Å². The number of rotatable bonds is 6. The van der Waals surface area contributed by atoms with Crippen LogP contribution in [0, 0.1) is 6.92 Å². The van der Waals surface area contributed by atoms with E-state index >= 15 is 0 Å². The SMILES string of the molecule is Cc1cccc(COC(=O)c2csc(NCc3ccccc3)n2)c1. The van der Waals surface area contributed by atoms with Crippen molar-refractivity contribution < 1.29 is 9.53 Å². The number of anilines is 1. The third-order valence-electron chi connectivity index (χ3n) is 3.45. The Kier molecular flexibility index (Phi) is 5.23. The molecule has 0 unspecified atom stereocenters. The van der Waals surface area contributed by atoms with E-state index in [-0.39, 0.29) is 6.61 Å². The van der Waals surface area contributed by atoms with Crippen molar-refractivity contribution in [2.45, 2.75) is 20.1 Å². The van der Waals surface area contributed by atoms with Crippen LogP contribution in [0.15, 0.2) is 60.0 Å². The van der Waals surface area contributed by atoms with E-state index in [1.807, 2.05) is 61.5 Å². The van der Waals surface area contributed by atoms with E-state index in [1.165, 1.54) is 11.3 Å². The molecule has 0 amide bonds. The van der Waals surface area contributed by atoms with Crippen molar-refractivity contribution in [3.63, 3.8) is 0 Å². The quantitative estimate of drug-likeness (QED) is 0.676. The molecule has 0 aliphatic heterocycles. The monoisotopic (exact) mass is 338 g/mol. The van der Waals surface area contributed by atoms with Gasteiger partial charge in [-0.05, 0) is 18.1 Å². The van der Waals surface area contributed by atoms with Gasteiger partial charge in [0.2, 0.25) is 0 Å². The van der Waals surface area contributed by atoms with E-state index in [0.717, 1.165) is 16.7 Å². The number of aryl methyl sites for hydroxylation is 1. The largest absolute Gasteiger partial charge is 0.456 e. The van der Waals surface area contributed by atoms with Gasteiger partial charge in [0.05, 0.1) is 0 Å². The van der Waals surface area contributed by atoms with Gasteiger partial charge in [-0.15, -0.1) is 11.3 Å². The number of carbonyl (C=O) groups is 1. The lowest BCUT2D eigenvalue weighted by atomic mass is 10.1. The Labute approximate surface area is 145 Å². The summed E-state index contributed by atoms with van der Waals surface area (Å²) in [6, 6.07) is 17.9. The molecule has 0 aliphatic rings. The van der Waals surface area contributed by atoms with Gasteiger partial charge in [0.1, 0.15) is 6.61 Å². The van der Waals surface area contributed by atoms with E-state index in [4.69, 9.17) is 4.74 Å². The van der Waals surface area contributed by atoms with Crippen LogP contribution in [0.1, 0.15) is 27.2 Å². The van der Waals surface area contributed by atoms with E-state index in [1.54, 1.807) is 5.38 Å². The van der Waals surface area contributed by atoms with E-state index in [2.05, 4.69) is 10.3 Å². The predicted octanol–water partition coefficient (Wildman–Crippen LogP) is 4.42. The molecule has 1 aromatic heterocycles. The lowest BCUT2D eigenvalue weighted by Crippen LogP contribution is -2.06. The van der Waals surface area contributed by atoms with Crippen molar-refractivity contribution in [3.8, 4) is 0 Å². The molecule has 1 heterocycles. The number of nitrogens with zero attached hydrogens (tertiary/aromatic N) is 1. The van der Waals surface area contributed by atoms with Crippen LogP contribution in [0.3, 0.4) is 0 Å². The molecule has 122 valence electrons. The zero-order valence-corrected chi connectivity index (χ0v) is 14.2. The average molecular weight is 338 g/mol. The molecule has 3 aromatic rings. The van der Waals surface area contributed by atoms with Gasteiger partial charge in [0, 0.05) is 11.9 Å². The van der Waals surface area contributed by atoms with Crippen molar-refractivity contribution in [1.29, 1.82) is 0 Å². The minimum absolute atomic E-state index is 0.255. The fourth-order valence-corrected chi connectivity index (χ4v) is 2.93. The van der Waals surface area contributed by atoms with E-state index < -0.39 is 5.97 Å². The van der Waals surface area contributed by atoms with E-state index in [0.29, 0.717) is 17.4 Å². The number of hydrogen-bond donors (Lipinski definition) is 1. The predicted molar refractivity (Wildman–Crippen MR) is 96.2 cm³/mol. The Hall–Kier alpha value is -2.66. The van der Waals surface area contributed by atoms with Crippen LogP contribution < -0.4 is 5.32 Å². The third-order valence-corrected chi connectivity index (χ3v) is 4.25. The summed E-state index contributed by atoms with van der Waals surface area (Å²) < 4.78 is 5.32. The van der Waals surface area contributed by atoms with Crippen molar-refractivity contribution in [1.82, 2.24) is 4.98 Å². The number of aromatic nitrogens is 1. The van der Waals surface area contributed by atoms with Gasteiger partial charge in [-0.2, -0.15) is 0 Å². The number of benzene rings is 2. The molecule has 0 bridgehead atoms. The molecule has 5 heteroatoms. The molecule has 4 nitrogen and oxygen atoms in total. The highest BCUT2D eigenvalue weighted by Crippen LogP contribution is 2.17. The average Bonchev–Trinajstić information content (AvgIpc) is 3.08. The first-order valence-corrected chi connectivity index (χ1v) is 8.55. The summed E-state index contributed by atoms with van der Waals surface area (Å²) in [4.78, 5) is 16.4. The number of esters is 1. The van der Waals surface area contributed by atoms with Crippen LogP contribution in [-0.2, 0) is 17.9 Å². The van der Waals surface area contributed by atoms with Crippen LogP contribution in [0.4, 0.5) is 5.13 Å². The molecule has 0 saturated heterocycles. The van der Waals surface area contributed by atoms with Crippen LogP contribution in [0.25, 0.3) is 0 Å². The zero-order valence-electron chi connectivity index (χ0n) is 13.4. The fraction of sp³-hybridized carbons (Fsp3) is 0.158. The second kappa shape index (κ2) is 7.75. The standard InChI is InChI=1S/C19H18N2O2S/c1-14-6-5-9-16(10-14)12-23-18(22)17-13-24-19(21-17)20-11-15-7-3-2-4-8-15/h2-10,13H,11-12H2,1H3,(H,20,21). The first-order chi connectivity index (χ1) is 11.7. The summed E-state index contributed by atoms with van der Waals surface area (Å²) in [6.45, 7) is 2.94. The molecule has 3 rings (SSSR count). The first-order valence-electron chi connectivity index (χ1n) is 7.67. The Bertz CT molecular complexity index is 815. The maximum absolute atomic E-state index is 12.1. The molecule has 0 spiro atoms. The van der Waals surface area contributed by atoms with Crippen molar-refractivity contribution in [2.24, 2.45) is 0 Å². The van der Waals surface area contributed by atoms with Gasteiger partial charge < -0.3 is 10.1 Å². The van der Waals surface area contributed by atoms with Crippen LogP contribution >= 0.6 is 11.3 Å². The number of ether oxygens (including phenoxy) is 1. The highest BCUT2D eigenvalue weighted by Gasteiger charge is 2.12. The molecule has 0 radical (unpaired) electrons. The highest BCUT2D eigenvalue weighted by atomic mass is 32.1. The smallest absolute Gasteiger partial charge is 0.358 e. The van der Waals surface area contributed by atoms with Crippen LogP contribution in [0.5, 0.6) is 0 Å². The third kappa shape index (κ3) is 4.43. The lowest BCUT2D eigenvalue weighted by molar-refractivity contribution is 0.0466. The number of hydrogen-bond acceptors (Lipinski definition) is 5. The van der Waals surface area contributed by atoms with Gasteiger partial charge in [-0.25, -0.2) is 9.78 Å². The fourth-order valence-electron chi connectivity index (χ4n) is 2.25. The summed E-state index contributed by atoms with van der Waals surface area (Å²) in [5.74, 6) is -0.402. The lowest BCUT2D eigenvalue weighted by Gasteiger charge is -2.04. The molecule has 0 fully saturated rings. The molecule has 1 N–H and O–H groups in total. The van der Waals surface area contributed by atoms with Gasteiger partial charge in [0.15, 0.2) is 10.8 Å². The summed E-state index contributed by atoms with van der Waals surface area (Å²) in [6.07, 6.45) is 0. The summed E-state index contributed by atoms with van der Waals surface area (Å²) in [5, 5.41) is 5.64. The molecule has 24 heavy (non-hydrogen) atoms. The first kappa shape index (κ1) is 16.2. The zero-order chi connectivity index (χ0) is 16.8. The minimum Gasteiger partial charge on any atom is -0.456 e. The number of thiazole rings is 1. The maximum Gasteiger partial charge on any atom is 0.358 e. The number of carbonyl (C=O) groups excluding carboxylic acids is 1. The summed E-state index contributed by atoms with van der Waals surface area (Å²) >= 11 is 1.40. The summed E-state index contributed by atoms with van der Waals surface area (Å²) in [5.41, 5.74) is 3.62. The topological polar surface area (TPSA) is 51.2 Å². The van der Waals surface area contributed by atoms with Gasteiger partial charge in [0.25, 0.3) is 0 Å². The molecule has 0 aliphatic carbocycles. The minimum atomic E-state index is -0.402. The molecular formula is C19H18N2O2S. The van der Waals surface area contributed by atoms with Crippen LogP contribution in [0.2, 0.25) is 0 Å². The molecule has 0 atom stereocenters. The second-order valence-corrected chi connectivity index (χ2v) is 6.30. The van der Waals surface area contributed by atoms with Crippen molar-refractivity contribution >= 4 is 22.4 Å². The number of nitrogens with one attached hydrogen (secondary N) is 1. The summed E-state index contributed by atoms with van der Waals surface area (Å²) in [7, 11) is 0. The molecule has 0 saturated carbocycles. The maximum atomic E-state index is 12.1. The Morgan fingerprint density at radius 3 is 2.71 bits per heavy atom. The molecular weight excluding hydrogens is 320 g/mol. The molecule has 2 aromatic carbocycles. The van der Waals surface area contributed by atoms with E-state index in [9.17, 15) is 4.79 Å². The highest BCUT2D eigenvalue weighted by molar-refractivity contribution is 7.13. The Morgan fingerprint density at radius 1 is 1.12 bits per heavy atom. The Balaban J connectivity index is 1.53.